The van der Waals surface area contributed by atoms with Gasteiger partial charge in [-0.3, -0.25) is 19.3 Å². The average Bonchev–Trinajstić information content (AvgIpc) is 3.15. The molecule has 2 fully saturated rings. The molecule has 0 radical (unpaired) electrons. The molecule has 0 atom stereocenters. The molecule has 0 spiro atoms. The van der Waals surface area contributed by atoms with Gasteiger partial charge in [0.2, 0.25) is 5.91 Å². The third-order valence-corrected chi connectivity index (χ3v) is 4.28. The Morgan fingerprint density at radius 1 is 1.08 bits per heavy atom. The van der Waals surface area contributed by atoms with E-state index in [2.05, 4.69) is 5.32 Å². The summed E-state index contributed by atoms with van der Waals surface area (Å²) < 4.78 is 26.0. The predicted molar refractivity (Wildman–Crippen MR) is 81.2 cm³/mol. The maximum absolute atomic E-state index is 13.1. The first-order valence-corrected chi connectivity index (χ1v) is 7.82. The normalized spacial score (nSPS) is 18.4. The maximum atomic E-state index is 13.1. The smallest absolute Gasteiger partial charge is 0.324 e. The third kappa shape index (κ3) is 3.21. The molecule has 1 saturated heterocycles. The first-order valence-electron chi connectivity index (χ1n) is 7.82. The van der Waals surface area contributed by atoms with Crippen molar-refractivity contribution in [3.8, 4) is 0 Å². The second-order valence-corrected chi connectivity index (χ2v) is 5.96. The lowest BCUT2D eigenvalue weighted by molar-refractivity contribution is -0.144. The molecule has 1 heterocycles. The van der Waals surface area contributed by atoms with Gasteiger partial charge in [-0.15, -0.1) is 0 Å². The van der Waals surface area contributed by atoms with Gasteiger partial charge in [-0.2, -0.15) is 0 Å². The second kappa shape index (κ2) is 6.58. The van der Waals surface area contributed by atoms with Gasteiger partial charge in [0, 0.05) is 17.8 Å². The minimum atomic E-state index is -1.14. The molecule has 5 amide bonds. The Bertz CT molecular complexity index is 762. The molecule has 132 valence electrons. The number of benzene rings is 1. The predicted octanol–water partition coefficient (Wildman–Crippen LogP) is 1.64. The molecule has 1 aromatic rings. The molecule has 25 heavy (non-hydrogen) atoms. The number of hydrogen-bond donors (Lipinski definition) is 1. The zero-order valence-corrected chi connectivity index (χ0v) is 13.1. The van der Waals surface area contributed by atoms with Gasteiger partial charge in [-0.25, -0.2) is 18.5 Å². The molecule has 9 heteroatoms. The quantitative estimate of drug-likeness (QED) is 0.660. The summed E-state index contributed by atoms with van der Waals surface area (Å²) in [4.78, 5) is 49.8. The Labute approximate surface area is 141 Å². The van der Waals surface area contributed by atoms with E-state index in [9.17, 15) is 28.0 Å². The van der Waals surface area contributed by atoms with Crippen molar-refractivity contribution in [3.63, 3.8) is 0 Å². The molecule has 1 aromatic carbocycles. The summed E-state index contributed by atoms with van der Waals surface area (Å²) in [7, 11) is 0. The van der Waals surface area contributed by atoms with Gasteiger partial charge in [0.25, 0.3) is 0 Å². The topological polar surface area (TPSA) is 86.8 Å². The highest BCUT2D eigenvalue weighted by molar-refractivity contribution is 6.45. The molecular formula is C16H15F2N3O4. The van der Waals surface area contributed by atoms with Crippen LogP contribution in [0, 0.1) is 11.6 Å². The lowest BCUT2D eigenvalue weighted by Crippen LogP contribution is -2.41. The van der Waals surface area contributed by atoms with E-state index < -0.39 is 41.9 Å². The van der Waals surface area contributed by atoms with E-state index in [4.69, 9.17) is 0 Å². The van der Waals surface area contributed by atoms with Crippen LogP contribution in [0.25, 0.3) is 0 Å². The van der Waals surface area contributed by atoms with Crippen LogP contribution in [0.2, 0.25) is 0 Å². The van der Waals surface area contributed by atoms with Crippen molar-refractivity contribution in [3.05, 3.63) is 29.8 Å². The fourth-order valence-electron chi connectivity index (χ4n) is 3.06. The number of carbonyl (C=O) groups is 4. The summed E-state index contributed by atoms with van der Waals surface area (Å²) in [6, 6.07) is 1.62. The van der Waals surface area contributed by atoms with Crippen LogP contribution >= 0.6 is 0 Å². The van der Waals surface area contributed by atoms with E-state index >= 15 is 0 Å². The number of anilines is 1. The van der Waals surface area contributed by atoms with Gasteiger partial charge >= 0.3 is 17.8 Å². The highest BCUT2D eigenvalue weighted by Crippen LogP contribution is 2.27. The number of halogens is 2. The van der Waals surface area contributed by atoms with Gasteiger partial charge in [0.05, 0.1) is 0 Å². The van der Waals surface area contributed by atoms with Crippen molar-refractivity contribution >= 4 is 29.4 Å². The Hall–Kier alpha value is -2.84. The number of rotatable bonds is 4. The summed E-state index contributed by atoms with van der Waals surface area (Å²) in [5, 5.41) is 2.26. The molecular weight excluding hydrogens is 336 g/mol. The number of nitrogens with one attached hydrogen (secondary N) is 1. The largest absolute Gasteiger partial charge is 0.334 e. The lowest BCUT2D eigenvalue weighted by Gasteiger charge is -2.20. The molecule has 0 bridgehead atoms. The standard InChI is InChI=1S/C16H15F2N3O4/c17-11-6-5-9(7-12(11)18)19-13(22)8-20-14(23)15(24)21(16(20)25)10-3-1-2-4-10/h5-7,10H,1-4,8H2,(H,19,22). The van der Waals surface area contributed by atoms with Crippen LogP contribution < -0.4 is 5.32 Å². The van der Waals surface area contributed by atoms with Crippen LogP contribution in [0.15, 0.2) is 18.2 Å². The molecule has 1 aliphatic carbocycles. The molecule has 1 saturated carbocycles. The van der Waals surface area contributed by atoms with E-state index in [0.717, 1.165) is 35.9 Å². The Morgan fingerprint density at radius 3 is 2.40 bits per heavy atom. The van der Waals surface area contributed by atoms with E-state index in [1.165, 1.54) is 0 Å². The van der Waals surface area contributed by atoms with Crippen LogP contribution in [0.4, 0.5) is 19.3 Å². The lowest BCUT2D eigenvalue weighted by atomic mass is 10.2. The molecule has 1 N–H and O–H groups in total. The van der Waals surface area contributed by atoms with Crippen LogP contribution in [0.1, 0.15) is 25.7 Å². The van der Waals surface area contributed by atoms with Crippen molar-refractivity contribution in [1.82, 2.24) is 9.80 Å². The minimum absolute atomic E-state index is 0.0260. The van der Waals surface area contributed by atoms with Crippen molar-refractivity contribution in [2.45, 2.75) is 31.7 Å². The fraction of sp³-hybridized carbons (Fsp3) is 0.375. The summed E-state index contributed by atoms with van der Waals surface area (Å²) in [5.74, 6) is -5.00. The van der Waals surface area contributed by atoms with Crippen LogP contribution in [-0.2, 0) is 14.4 Å². The van der Waals surface area contributed by atoms with Gasteiger partial charge in [-0.1, -0.05) is 12.8 Å². The van der Waals surface area contributed by atoms with Crippen LogP contribution in [-0.4, -0.2) is 46.1 Å². The average molecular weight is 351 g/mol. The summed E-state index contributed by atoms with van der Waals surface area (Å²) >= 11 is 0. The molecule has 0 aromatic heterocycles. The van der Waals surface area contributed by atoms with Gasteiger partial charge in [-0.05, 0) is 25.0 Å². The molecule has 1 aliphatic heterocycles. The summed E-state index contributed by atoms with van der Waals surface area (Å²) in [6.45, 7) is -0.675. The zero-order chi connectivity index (χ0) is 18.1. The van der Waals surface area contributed by atoms with Crippen molar-refractivity contribution in [2.24, 2.45) is 0 Å². The number of hydrogen-bond acceptors (Lipinski definition) is 4. The van der Waals surface area contributed by atoms with E-state index in [-0.39, 0.29) is 11.7 Å². The van der Waals surface area contributed by atoms with Gasteiger partial charge in [0.15, 0.2) is 11.6 Å². The second-order valence-electron chi connectivity index (χ2n) is 5.96. The van der Waals surface area contributed by atoms with E-state index in [1.54, 1.807) is 0 Å². The Kier molecular flexibility index (Phi) is 4.47. The number of carbonyl (C=O) groups excluding carboxylic acids is 4. The highest BCUT2D eigenvalue weighted by Gasteiger charge is 2.48. The number of nitrogens with zero attached hydrogens (tertiary/aromatic N) is 2. The number of urea groups is 1. The van der Waals surface area contributed by atoms with Gasteiger partial charge in [0.1, 0.15) is 6.54 Å². The molecule has 3 rings (SSSR count). The number of amides is 5. The monoisotopic (exact) mass is 351 g/mol. The molecule has 7 nitrogen and oxygen atoms in total. The molecule has 0 unspecified atom stereocenters. The first-order chi connectivity index (χ1) is 11.9. The van der Waals surface area contributed by atoms with E-state index in [1.807, 2.05) is 0 Å². The third-order valence-electron chi connectivity index (χ3n) is 4.28. The summed E-state index contributed by atoms with van der Waals surface area (Å²) in [6.07, 6.45) is 3.01. The first kappa shape index (κ1) is 17.0. The van der Waals surface area contributed by atoms with Crippen LogP contribution in [0.3, 0.4) is 0 Å². The van der Waals surface area contributed by atoms with Crippen molar-refractivity contribution in [2.75, 3.05) is 11.9 Å². The highest BCUT2D eigenvalue weighted by atomic mass is 19.2. The van der Waals surface area contributed by atoms with Gasteiger partial charge < -0.3 is 5.32 Å². The minimum Gasteiger partial charge on any atom is -0.324 e. The Balaban J connectivity index is 1.68. The van der Waals surface area contributed by atoms with Crippen molar-refractivity contribution in [1.29, 1.82) is 0 Å². The zero-order valence-electron chi connectivity index (χ0n) is 13.1. The van der Waals surface area contributed by atoms with Crippen molar-refractivity contribution < 1.29 is 28.0 Å². The van der Waals surface area contributed by atoms with E-state index in [0.29, 0.717) is 17.7 Å². The Morgan fingerprint density at radius 2 is 1.76 bits per heavy atom. The summed E-state index contributed by atoms with van der Waals surface area (Å²) in [5.41, 5.74) is -0.0260. The fourth-order valence-corrected chi connectivity index (χ4v) is 3.06. The number of imide groups is 2. The maximum Gasteiger partial charge on any atom is 0.334 e. The SMILES string of the molecule is O=C(CN1C(=O)C(=O)N(C2CCCC2)C1=O)Nc1ccc(F)c(F)c1. The van der Waals surface area contributed by atoms with Crippen LogP contribution in [0.5, 0.6) is 0 Å². The molecule has 2 aliphatic rings.